The predicted molar refractivity (Wildman–Crippen MR) is 64.0 cm³/mol. The first kappa shape index (κ1) is 11.0. The molecule has 1 saturated heterocycles. The lowest BCUT2D eigenvalue weighted by atomic mass is 10.4. The van der Waals surface area contributed by atoms with Gasteiger partial charge in [0.1, 0.15) is 5.82 Å². The van der Waals surface area contributed by atoms with Gasteiger partial charge in [-0.1, -0.05) is 23.2 Å². The summed E-state index contributed by atoms with van der Waals surface area (Å²) in [6.07, 6.45) is 1.88. The molecule has 1 atom stereocenters. The largest absolute Gasteiger partial charge is 0.296 e. The average Bonchev–Trinajstić information content (AvgIpc) is 2.50. The van der Waals surface area contributed by atoms with Gasteiger partial charge < -0.3 is 0 Å². The number of carbonyl (C=O) groups excluding carboxylic acids is 1. The zero-order valence-electron chi connectivity index (χ0n) is 7.65. The van der Waals surface area contributed by atoms with Crippen LogP contribution in [-0.4, -0.2) is 22.7 Å². The number of hydrogen-bond donors (Lipinski definition) is 1. The quantitative estimate of drug-likeness (QED) is 0.789. The van der Waals surface area contributed by atoms with Crippen molar-refractivity contribution in [2.75, 3.05) is 11.4 Å². The number of rotatable bonds is 1. The fraction of sp³-hybridized carbons (Fsp3) is 0.333. The van der Waals surface area contributed by atoms with Crippen LogP contribution in [0.3, 0.4) is 0 Å². The number of aromatic nitrogens is 1. The van der Waals surface area contributed by atoms with E-state index >= 15 is 0 Å². The number of hydrogen-bond acceptors (Lipinski definition) is 3. The maximum absolute atomic E-state index is 11.5. The first-order chi connectivity index (χ1) is 7.08. The van der Waals surface area contributed by atoms with Crippen molar-refractivity contribution < 1.29 is 4.79 Å². The molecular formula is C9H8Cl2N2OS. The highest BCUT2D eigenvalue weighted by atomic mass is 35.5. The second-order valence-corrected chi connectivity index (χ2v) is 4.86. The Balaban J connectivity index is 2.30. The second-order valence-electron chi connectivity index (χ2n) is 3.32. The van der Waals surface area contributed by atoms with Gasteiger partial charge in [0.05, 0.1) is 10.0 Å². The van der Waals surface area contributed by atoms with Crippen molar-refractivity contribution >= 4 is 47.6 Å². The van der Waals surface area contributed by atoms with Gasteiger partial charge in [0.25, 0.3) is 0 Å². The van der Waals surface area contributed by atoms with Gasteiger partial charge in [-0.25, -0.2) is 4.98 Å². The Morgan fingerprint density at radius 1 is 1.47 bits per heavy atom. The molecule has 2 heterocycles. The summed E-state index contributed by atoms with van der Waals surface area (Å²) in [6.45, 7) is 0.562. The van der Waals surface area contributed by atoms with Crippen LogP contribution in [0.15, 0.2) is 12.3 Å². The summed E-state index contributed by atoms with van der Waals surface area (Å²) in [5, 5.41) is 0.848. The summed E-state index contributed by atoms with van der Waals surface area (Å²) in [5.41, 5.74) is 0. The van der Waals surface area contributed by atoms with Gasteiger partial charge in [-0.05, 0) is 0 Å². The van der Waals surface area contributed by atoms with Crippen molar-refractivity contribution in [2.24, 2.45) is 0 Å². The van der Waals surface area contributed by atoms with E-state index in [1.165, 1.54) is 6.20 Å². The maximum Gasteiger partial charge on any atom is 0.229 e. The van der Waals surface area contributed by atoms with E-state index in [0.717, 1.165) is 0 Å². The number of carbonyl (C=O) groups is 1. The molecule has 1 aromatic rings. The molecular weight excluding hydrogens is 255 g/mol. The van der Waals surface area contributed by atoms with Crippen LogP contribution < -0.4 is 4.90 Å². The molecule has 1 aliphatic heterocycles. The number of thiol groups is 1. The number of amides is 1. The Labute approximate surface area is 103 Å². The molecule has 3 nitrogen and oxygen atoms in total. The topological polar surface area (TPSA) is 33.2 Å². The van der Waals surface area contributed by atoms with E-state index in [2.05, 4.69) is 17.6 Å². The van der Waals surface area contributed by atoms with Gasteiger partial charge in [-0.15, -0.1) is 0 Å². The van der Waals surface area contributed by atoms with Crippen LogP contribution in [0.2, 0.25) is 10.0 Å². The lowest BCUT2D eigenvalue weighted by molar-refractivity contribution is -0.117. The highest BCUT2D eigenvalue weighted by Crippen LogP contribution is 2.28. The molecule has 0 saturated carbocycles. The lowest BCUT2D eigenvalue weighted by Gasteiger charge is -2.14. The number of anilines is 1. The van der Waals surface area contributed by atoms with Gasteiger partial charge in [-0.3, -0.25) is 9.69 Å². The Morgan fingerprint density at radius 3 is 2.73 bits per heavy atom. The summed E-state index contributed by atoms with van der Waals surface area (Å²) < 4.78 is 0. The van der Waals surface area contributed by atoms with E-state index in [1.54, 1.807) is 11.0 Å². The molecule has 1 unspecified atom stereocenters. The van der Waals surface area contributed by atoms with Crippen molar-refractivity contribution in [1.29, 1.82) is 0 Å². The SMILES string of the molecule is O=C1CC(S)CN1c1cc(Cl)c(Cl)cn1. The summed E-state index contributed by atoms with van der Waals surface area (Å²) in [5.74, 6) is 0.548. The predicted octanol–water partition coefficient (Wildman–Crippen LogP) is 2.42. The Hall–Kier alpha value is -0.450. The normalized spacial score (nSPS) is 21.1. The summed E-state index contributed by atoms with van der Waals surface area (Å²) in [4.78, 5) is 17.2. The van der Waals surface area contributed by atoms with Crippen molar-refractivity contribution in [3.05, 3.63) is 22.3 Å². The van der Waals surface area contributed by atoms with Gasteiger partial charge in [0.15, 0.2) is 0 Å². The molecule has 0 aliphatic carbocycles. The molecule has 2 rings (SSSR count). The fourth-order valence-electron chi connectivity index (χ4n) is 1.46. The Kier molecular flexibility index (Phi) is 3.09. The molecule has 0 spiro atoms. The van der Waals surface area contributed by atoms with Crippen LogP contribution >= 0.6 is 35.8 Å². The van der Waals surface area contributed by atoms with Gasteiger partial charge in [0.2, 0.25) is 5.91 Å². The van der Waals surface area contributed by atoms with E-state index in [9.17, 15) is 4.79 Å². The molecule has 1 amide bonds. The third-order valence-corrected chi connectivity index (χ3v) is 3.23. The summed E-state index contributed by atoms with van der Waals surface area (Å²) >= 11 is 15.8. The fourth-order valence-corrected chi connectivity index (χ4v) is 2.03. The van der Waals surface area contributed by atoms with Crippen molar-refractivity contribution in [3.8, 4) is 0 Å². The third-order valence-electron chi connectivity index (χ3n) is 2.18. The number of halogens is 2. The molecule has 15 heavy (non-hydrogen) atoms. The van der Waals surface area contributed by atoms with Crippen molar-refractivity contribution in [3.63, 3.8) is 0 Å². The Bertz CT molecular complexity index is 413. The number of nitrogens with zero attached hydrogens (tertiary/aromatic N) is 2. The molecule has 1 aromatic heterocycles. The van der Waals surface area contributed by atoms with Crippen molar-refractivity contribution in [1.82, 2.24) is 4.98 Å². The molecule has 0 aromatic carbocycles. The minimum absolute atomic E-state index is 0.0147. The standard InChI is InChI=1S/C9H8Cl2N2OS/c10-6-2-8(12-3-7(6)11)13-4-5(15)1-9(13)14/h2-3,5,15H,1,4H2. The smallest absolute Gasteiger partial charge is 0.229 e. The van der Waals surface area contributed by atoms with Crippen LogP contribution in [0.5, 0.6) is 0 Å². The van der Waals surface area contributed by atoms with E-state index < -0.39 is 0 Å². The molecule has 0 radical (unpaired) electrons. The van der Waals surface area contributed by atoms with Gasteiger partial charge >= 0.3 is 0 Å². The van der Waals surface area contributed by atoms with Gasteiger partial charge in [-0.2, -0.15) is 12.6 Å². The molecule has 1 aliphatic rings. The Morgan fingerprint density at radius 2 is 2.20 bits per heavy atom. The van der Waals surface area contributed by atoms with Crippen LogP contribution in [-0.2, 0) is 4.79 Å². The monoisotopic (exact) mass is 262 g/mol. The van der Waals surface area contributed by atoms with E-state index in [0.29, 0.717) is 28.8 Å². The number of pyridine rings is 1. The molecule has 1 fully saturated rings. The highest BCUT2D eigenvalue weighted by Gasteiger charge is 2.29. The van der Waals surface area contributed by atoms with Crippen LogP contribution in [0, 0.1) is 0 Å². The minimum atomic E-state index is 0.0147. The second kappa shape index (κ2) is 4.20. The first-order valence-corrected chi connectivity index (χ1v) is 5.64. The van der Waals surface area contributed by atoms with E-state index in [-0.39, 0.29) is 11.2 Å². The average molecular weight is 263 g/mol. The maximum atomic E-state index is 11.5. The van der Waals surface area contributed by atoms with Crippen LogP contribution in [0.1, 0.15) is 6.42 Å². The van der Waals surface area contributed by atoms with E-state index in [1.807, 2.05) is 0 Å². The lowest BCUT2D eigenvalue weighted by Crippen LogP contribution is -2.25. The van der Waals surface area contributed by atoms with Crippen LogP contribution in [0.25, 0.3) is 0 Å². The zero-order valence-corrected chi connectivity index (χ0v) is 10.1. The van der Waals surface area contributed by atoms with Crippen LogP contribution in [0.4, 0.5) is 5.82 Å². The third kappa shape index (κ3) is 2.22. The molecule has 0 N–H and O–H groups in total. The summed E-state index contributed by atoms with van der Waals surface area (Å²) in [7, 11) is 0. The minimum Gasteiger partial charge on any atom is -0.296 e. The summed E-state index contributed by atoms with van der Waals surface area (Å²) in [6, 6.07) is 1.59. The van der Waals surface area contributed by atoms with Gasteiger partial charge in [0, 0.05) is 30.5 Å². The first-order valence-electron chi connectivity index (χ1n) is 4.37. The zero-order chi connectivity index (χ0) is 11.0. The molecule has 80 valence electrons. The molecule has 0 bridgehead atoms. The van der Waals surface area contributed by atoms with Crippen molar-refractivity contribution in [2.45, 2.75) is 11.7 Å². The molecule has 6 heteroatoms. The highest BCUT2D eigenvalue weighted by molar-refractivity contribution is 7.81. The van der Waals surface area contributed by atoms with E-state index in [4.69, 9.17) is 23.2 Å².